The molecule has 5 nitrogen and oxygen atoms in total. The highest BCUT2D eigenvalue weighted by Gasteiger charge is 2.17. The van der Waals surface area contributed by atoms with Gasteiger partial charge in [-0.2, -0.15) is 0 Å². The number of hydrogen-bond acceptors (Lipinski definition) is 3. The van der Waals surface area contributed by atoms with Crippen LogP contribution in [0, 0.1) is 5.82 Å². The van der Waals surface area contributed by atoms with Gasteiger partial charge in [-0.1, -0.05) is 0 Å². The topological polar surface area (TPSA) is 67.4 Å². The van der Waals surface area contributed by atoms with Crippen LogP contribution in [0.2, 0.25) is 0 Å². The third-order valence-corrected chi connectivity index (χ3v) is 4.33. The molecule has 1 aliphatic heterocycles. The summed E-state index contributed by atoms with van der Waals surface area (Å²) in [5.41, 5.74) is 0.411. The van der Waals surface area contributed by atoms with Crippen LogP contribution in [-0.2, 0) is 9.53 Å². The molecule has 2 N–H and O–H groups in total. The molecule has 0 bridgehead atoms. The van der Waals surface area contributed by atoms with Crippen molar-refractivity contribution < 1.29 is 18.7 Å². The molecule has 2 amide bonds. The Balaban J connectivity index is 1.55. The summed E-state index contributed by atoms with van der Waals surface area (Å²) >= 11 is 0. The number of rotatable bonds is 9. The second-order valence-corrected chi connectivity index (χ2v) is 6.55. The van der Waals surface area contributed by atoms with Crippen LogP contribution < -0.4 is 10.6 Å². The Labute approximate surface area is 148 Å². The van der Waals surface area contributed by atoms with Gasteiger partial charge in [0.1, 0.15) is 5.82 Å². The molecule has 138 valence electrons. The summed E-state index contributed by atoms with van der Waals surface area (Å²) in [4.78, 5) is 23.7. The first kappa shape index (κ1) is 19.4. The van der Waals surface area contributed by atoms with E-state index >= 15 is 0 Å². The van der Waals surface area contributed by atoms with Crippen molar-refractivity contribution in [2.24, 2.45) is 0 Å². The number of ether oxygens (including phenoxy) is 1. The molecule has 1 aromatic rings. The molecule has 0 aliphatic carbocycles. The maximum absolute atomic E-state index is 12.8. The van der Waals surface area contributed by atoms with Crippen molar-refractivity contribution in [1.82, 2.24) is 10.6 Å². The van der Waals surface area contributed by atoms with Crippen molar-refractivity contribution in [3.8, 4) is 0 Å². The zero-order chi connectivity index (χ0) is 18.1. The van der Waals surface area contributed by atoms with E-state index in [4.69, 9.17) is 4.74 Å². The van der Waals surface area contributed by atoms with Crippen LogP contribution in [0.5, 0.6) is 0 Å². The van der Waals surface area contributed by atoms with Gasteiger partial charge in [0.2, 0.25) is 5.91 Å². The molecule has 1 aliphatic rings. The second-order valence-electron chi connectivity index (χ2n) is 6.55. The van der Waals surface area contributed by atoms with Gasteiger partial charge in [-0.05, 0) is 63.3 Å². The van der Waals surface area contributed by atoms with Crippen LogP contribution in [0.25, 0.3) is 0 Å². The quantitative estimate of drug-likeness (QED) is 0.673. The number of nitrogens with one attached hydrogen (secondary N) is 2. The average molecular weight is 350 g/mol. The van der Waals surface area contributed by atoms with E-state index < -0.39 is 0 Å². The number of benzene rings is 1. The molecule has 1 fully saturated rings. The normalized spacial score (nSPS) is 17.9. The van der Waals surface area contributed by atoms with Crippen molar-refractivity contribution in [2.45, 2.75) is 57.6 Å². The third kappa shape index (κ3) is 7.22. The monoisotopic (exact) mass is 350 g/mol. The SMILES string of the molecule is CC(CCC1CCCO1)NC(=O)CCCNC(=O)c1ccc(F)cc1. The zero-order valence-electron chi connectivity index (χ0n) is 14.7. The Hall–Kier alpha value is -1.95. The van der Waals surface area contributed by atoms with Gasteiger partial charge in [0.15, 0.2) is 0 Å². The summed E-state index contributed by atoms with van der Waals surface area (Å²) in [5, 5.41) is 5.71. The molecule has 1 saturated heterocycles. The lowest BCUT2D eigenvalue weighted by molar-refractivity contribution is -0.121. The third-order valence-electron chi connectivity index (χ3n) is 4.33. The van der Waals surface area contributed by atoms with Crippen LogP contribution in [0.1, 0.15) is 55.8 Å². The Morgan fingerprint density at radius 2 is 2.08 bits per heavy atom. The Morgan fingerprint density at radius 1 is 1.32 bits per heavy atom. The molecule has 1 aromatic carbocycles. The smallest absolute Gasteiger partial charge is 0.251 e. The lowest BCUT2D eigenvalue weighted by Crippen LogP contribution is -2.34. The molecular weight excluding hydrogens is 323 g/mol. The summed E-state index contributed by atoms with van der Waals surface area (Å²) in [6.45, 7) is 3.27. The Kier molecular flexibility index (Phi) is 7.85. The van der Waals surface area contributed by atoms with Crippen LogP contribution >= 0.6 is 0 Å². The van der Waals surface area contributed by atoms with E-state index in [1.165, 1.54) is 24.3 Å². The number of carbonyl (C=O) groups excluding carboxylic acids is 2. The minimum Gasteiger partial charge on any atom is -0.378 e. The lowest BCUT2D eigenvalue weighted by Gasteiger charge is -2.16. The Bertz CT molecular complexity index is 556. The van der Waals surface area contributed by atoms with Crippen molar-refractivity contribution in [2.75, 3.05) is 13.2 Å². The summed E-state index contributed by atoms with van der Waals surface area (Å²) in [7, 11) is 0. The molecule has 6 heteroatoms. The number of halogens is 1. The van der Waals surface area contributed by atoms with Gasteiger partial charge in [0.25, 0.3) is 5.91 Å². The molecule has 0 radical (unpaired) electrons. The molecule has 0 spiro atoms. The number of amides is 2. The van der Waals surface area contributed by atoms with Crippen LogP contribution in [0.3, 0.4) is 0 Å². The van der Waals surface area contributed by atoms with E-state index in [2.05, 4.69) is 10.6 Å². The van der Waals surface area contributed by atoms with E-state index in [0.717, 1.165) is 32.3 Å². The highest BCUT2D eigenvalue weighted by atomic mass is 19.1. The molecule has 2 atom stereocenters. The molecular formula is C19H27FN2O3. The molecule has 2 unspecified atom stereocenters. The van der Waals surface area contributed by atoms with Gasteiger partial charge in [-0.25, -0.2) is 4.39 Å². The maximum Gasteiger partial charge on any atom is 0.251 e. The maximum atomic E-state index is 12.8. The minimum atomic E-state index is -0.373. The highest BCUT2D eigenvalue weighted by Crippen LogP contribution is 2.17. The van der Waals surface area contributed by atoms with Crippen molar-refractivity contribution in [3.63, 3.8) is 0 Å². The standard InChI is InChI=1S/C19H27FN2O3/c1-14(6-11-17-4-3-13-25-17)22-18(23)5-2-12-21-19(24)15-7-9-16(20)10-8-15/h7-10,14,17H,2-6,11-13H2,1H3,(H,21,24)(H,22,23). The van der Waals surface area contributed by atoms with Crippen LogP contribution in [0.15, 0.2) is 24.3 Å². The van der Waals surface area contributed by atoms with Crippen molar-refractivity contribution in [1.29, 1.82) is 0 Å². The molecule has 0 saturated carbocycles. The molecule has 0 aromatic heterocycles. The van der Waals surface area contributed by atoms with Gasteiger partial charge in [-0.3, -0.25) is 9.59 Å². The number of carbonyl (C=O) groups is 2. The zero-order valence-corrected chi connectivity index (χ0v) is 14.7. The Morgan fingerprint density at radius 3 is 2.76 bits per heavy atom. The first-order valence-electron chi connectivity index (χ1n) is 8.99. The van der Waals surface area contributed by atoms with Crippen LogP contribution in [0.4, 0.5) is 4.39 Å². The van der Waals surface area contributed by atoms with Crippen molar-refractivity contribution in [3.05, 3.63) is 35.6 Å². The van der Waals surface area contributed by atoms with E-state index in [-0.39, 0.29) is 23.7 Å². The second kappa shape index (κ2) is 10.1. The molecule has 1 heterocycles. The van der Waals surface area contributed by atoms with Gasteiger partial charge in [0, 0.05) is 31.2 Å². The molecule has 2 rings (SSSR count). The highest BCUT2D eigenvalue weighted by molar-refractivity contribution is 5.94. The largest absolute Gasteiger partial charge is 0.378 e. The predicted octanol–water partition coefficient (Wildman–Crippen LogP) is 2.80. The predicted molar refractivity (Wildman–Crippen MR) is 93.8 cm³/mol. The van der Waals surface area contributed by atoms with E-state index in [1.54, 1.807) is 0 Å². The van der Waals surface area contributed by atoms with Gasteiger partial charge in [-0.15, -0.1) is 0 Å². The van der Waals surface area contributed by atoms with E-state index in [0.29, 0.717) is 31.1 Å². The van der Waals surface area contributed by atoms with Gasteiger partial charge < -0.3 is 15.4 Å². The van der Waals surface area contributed by atoms with E-state index in [9.17, 15) is 14.0 Å². The van der Waals surface area contributed by atoms with Crippen LogP contribution in [-0.4, -0.2) is 37.1 Å². The summed E-state index contributed by atoms with van der Waals surface area (Å²) in [5.74, 6) is -0.636. The van der Waals surface area contributed by atoms with Crippen molar-refractivity contribution >= 4 is 11.8 Å². The fourth-order valence-electron chi connectivity index (χ4n) is 2.88. The fraction of sp³-hybridized carbons (Fsp3) is 0.579. The lowest BCUT2D eigenvalue weighted by atomic mass is 10.1. The minimum absolute atomic E-state index is 0.00382. The first-order chi connectivity index (χ1) is 12.0. The van der Waals surface area contributed by atoms with E-state index in [1.807, 2.05) is 6.92 Å². The average Bonchev–Trinajstić information content (AvgIpc) is 3.11. The summed E-state index contributed by atoms with van der Waals surface area (Å²) < 4.78 is 18.4. The summed E-state index contributed by atoms with van der Waals surface area (Å²) in [6.07, 6.45) is 5.43. The first-order valence-corrected chi connectivity index (χ1v) is 8.99. The molecule has 25 heavy (non-hydrogen) atoms. The fourth-order valence-corrected chi connectivity index (χ4v) is 2.88. The van der Waals surface area contributed by atoms with Gasteiger partial charge in [0.05, 0.1) is 6.10 Å². The summed E-state index contributed by atoms with van der Waals surface area (Å²) in [6, 6.07) is 5.51. The number of hydrogen-bond donors (Lipinski definition) is 2. The van der Waals surface area contributed by atoms with Gasteiger partial charge >= 0.3 is 0 Å².